The Morgan fingerprint density at radius 3 is 2.53 bits per heavy atom. The molecule has 1 aromatic heterocycles. The summed E-state index contributed by atoms with van der Waals surface area (Å²) in [6, 6.07) is 5.00. The molecule has 160 valence electrons. The van der Waals surface area contributed by atoms with E-state index in [0.29, 0.717) is 12.1 Å². The quantitative estimate of drug-likeness (QED) is 0.755. The number of carbonyl (C=O) groups is 1. The number of piperidine rings is 1. The maximum absolute atomic E-state index is 13.8. The van der Waals surface area contributed by atoms with Crippen molar-refractivity contribution in [2.45, 2.75) is 43.9 Å². The van der Waals surface area contributed by atoms with Gasteiger partial charge in [-0.25, -0.2) is 13.2 Å². The number of hydrogen-bond acceptors (Lipinski definition) is 4. The second-order valence-corrected chi connectivity index (χ2v) is 8.05. The number of hydrogen-bond donors (Lipinski definition) is 1. The van der Waals surface area contributed by atoms with Crippen molar-refractivity contribution in [3.63, 3.8) is 0 Å². The third-order valence-electron chi connectivity index (χ3n) is 6.01. The highest BCUT2D eigenvalue weighted by atomic mass is 19.2. The lowest BCUT2D eigenvalue weighted by Gasteiger charge is -2.39. The lowest BCUT2D eigenvalue weighted by molar-refractivity contribution is -0.0764. The van der Waals surface area contributed by atoms with Gasteiger partial charge in [0, 0.05) is 44.6 Å². The standard InChI is InChI=1S/C22H24F3N3O2/c23-18-12-20(25)19(24)11-17(18)21(29)27-13-16-1-4-22(30-16)5-9-28(10-6-22)14-15-2-7-26-8-3-15/h2-3,7-8,11-12,16H,1,4-6,9-10,13-14H2,(H,27,29)/t16-/m0/s1. The minimum Gasteiger partial charge on any atom is -0.370 e. The van der Waals surface area contributed by atoms with Crippen LogP contribution in [0.3, 0.4) is 0 Å². The molecular formula is C22H24F3N3O2. The van der Waals surface area contributed by atoms with Gasteiger partial charge >= 0.3 is 0 Å². The van der Waals surface area contributed by atoms with Gasteiger partial charge in [0.15, 0.2) is 11.6 Å². The van der Waals surface area contributed by atoms with E-state index in [1.54, 1.807) is 12.4 Å². The third kappa shape index (κ3) is 4.65. The van der Waals surface area contributed by atoms with Crippen molar-refractivity contribution in [3.8, 4) is 0 Å². The van der Waals surface area contributed by atoms with E-state index in [4.69, 9.17) is 4.74 Å². The summed E-state index contributed by atoms with van der Waals surface area (Å²) in [6.07, 6.45) is 6.97. The predicted octanol–water partition coefficient (Wildman–Crippen LogP) is 3.44. The van der Waals surface area contributed by atoms with Crippen LogP contribution in [-0.2, 0) is 11.3 Å². The van der Waals surface area contributed by atoms with Gasteiger partial charge in [-0.2, -0.15) is 0 Å². The number of nitrogens with one attached hydrogen (secondary N) is 1. The smallest absolute Gasteiger partial charge is 0.254 e. The number of rotatable bonds is 5. The first-order chi connectivity index (χ1) is 14.4. The van der Waals surface area contributed by atoms with Gasteiger partial charge in [0.25, 0.3) is 5.91 Å². The van der Waals surface area contributed by atoms with Gasteiger partial charge in [-0.3, -0.25) is 14.7 Å². The zero-order valence-electron chi connectivity index (χ0n) is 16.5. The molecule has 2 fully saturated rings. The zero-order valence-corrected chi connectivity index (χ0v) is 16.5. The summed E-state index contributed by atoms with van der Waals surface area (Å²) < 4.78 is 46.4. The summed E-state index contributed by atoms with van der Waals surface area (Å²) in [7, 11) is 0. The molecule has 0 aliphatic carbocycles. The van der Waals surface area contributed by atoms with Crippen LogP contribution in [0.25, 0.3) is 0 Å². The molecular weight excluding hydrogens is 395 g/mol. The number of benzene rings is 1. The van der Waals surface area contributed by atoms with Crippen LogP contribution in [0, 0.1) is 17.5 Å². The molecule has 0 bridgehead atoms. The highest BCUT2D eigenvalue weighted by molar-refractivity contribution is 5.94. The summed E-state index contributed by atoms with van der Waals surface area (Å²) in [4.78, 5) is 18.6. The minimum atomic E-state index is -1.32. The molecule has 1 spiro atoms. The second-order valence-electron chi connectivity index (χ2n) is 8.05. The molecule has 1 amide bonds. The van der Waals surface area contributed by atoms with Gasteiger partial charge < -0.3 is 10.1 Å². The highest BCUT2D eigenvalue weighted by Gasteiger charge is 2.42. The van der Waals surface area contributed by atoms with E-state index in [1.165, 1.54) is 5.56 Å². The van der Waals surface area contributed by atoms with Crippen molar-refractivity contribution >= 4 is 5.91 Å². The SMILES string of the molecule is O=C(NC[C@@H]1CCC2(CCN(Cc3ccncc3)CC2)O1)c1cc(F)c(F)cc1F. The molecule has 0 radical (unpaired) electrons. The molecule has 2 aromatic rings. The Balaban J connectivity index is 1.26. The van der Waals surface area contributed by atoms with Gasteiger partial charge in [-0.1, -0.05) is 0 Å². The van der Waals surface area contributed by atoms with Crippen molar-refractivity contribution in [3.05, 3.63) is 65.2 Å². The number of halogens is 3. The van der Waals surface area contributed by atoms with Gasteiger partial charge in [0.2, 0.25) is 0 Å². The van der Waals surface area contributed by atoms with Crippen LogP contribution in [0.4, 0.5) is 13.2 Å². The Morgan fingerprint density at radius 2 is 1.80 bits per heavy atom. The molecule has 2 saturated heterocycles. The van der Waals surface area contributed by atoms with Crippen LogP contribution in [0.1, 0.15) is 41.6 Å². The Kier molecular flexibility index (Phi) is 6.06. The molecule has 5 nitrogen and oxygen atoms in total. The monoisotopic (exact) mass is 419 g/mol. The normalized spacial score (nSPS) is 21.1. The van der Waals surface area contributed by atoms with Crippen LogP contribution in [0.2, 0.25) is 0 Å². The van der Waals surface area contributed by atoms with Gasteiger partial charge in [-0.05, 0) is 49.4 Å². The molecule has 3 heterocycles. The van der Waals surface area contributed by atoms with E-state index in [0.717, 1.165) is 45.3 Å². The van der Waals surface area contributed by atoms with Gasteiger partial charge in [0.05, 0.1) is 17.3 Å². The fraction of sp³-hybridized carbons (Fsp3) is 0.455. The zero-order chi connectivity index (χ0) is 21.1. The molecule has 1 N–H and O–H groups in total. The molecule has 2 aliphatic rings. The van der Waals surface area contributed by atoms with Gasteiger partial charge in [0.1, 0.15) is 5.82 Å². The number of ether oxygens (including phenoxy) is 1. The first-order valence-corrected chi connectivity index (χ1v) is 10.2. The van der Waals surface area contributed by atoms with Crippen molar-refractivity contribution in [2.75, 3.05) is 19.6 Å². The minimum absolute atomic E-state index is 0.172. The summed E-state index contributed by atoms with van der Waals surface area (Å²) in [5.74, 6) is -4.43. The Hall–Kier alpha value is -2.45. The summed E-state index contributed by atoms with van der Waals surface area (Å²) in [5, 5.41) is 2.58. The lowest BCUT2D eigenvalue weighted by Crippen LogP contribution is -2.44. The van der Waals surface area contributed by atoms with E-state index in [9.17, 15) is 18.0 Å². The second kappa shape index (κ2) is 8.73. The number of carbonyl (C=O) groups excluding carboxylic acids is 1. The van der Waals surface area contributed by atoms with E-state index in [1.807, 2.05) is 12.1 Å². The van der Waals surface area contributed by atoms with Crippen molar-refractivity contribution in [1.82, 2.24) is 15.2 Å². The van der Waals surface area contributed by atoms with Crippen LogP contribution in [0.15, 0.2) is 36.7 Å². The topological polar surface area (TPSA) is 54.5 Å². The Bertz CT molecular complexity index is 902. The fourth-order valence-electron chi connectivity index (χ4n) is 4.27. The fourth-order valence-corrected chi connectivity index (χ4v) is 4.27. The molecule has 4 rings (SSSR count). The predicted molar refractivity (Wildman–Crippen MR) is 104 cm³/mol. The van der Waals surface area contributed by atoms with Crippen LogP contribution < -0.4 is 5.32 Å². The molecule has 1 atom stereocenters. The number of amides is 1. The summed E-state index contributed by atoms with van der Waals surface area (Å²) >= 11 is 0. The molecule has 1 aromatic carbocycles. The number of pyridine rings is 1. The van der Waals surface area contributed by atoms with Crippen molar-refractivity contribution in [1.29, 1.82) is 0 Å². The summed E-state index contributed by atoms with van der Waals surface area (Å²) in [6.45, 7) is 2.96. The van der Waals surface area contributed by atoms with E-state index < -0.39 is 28.9 Å². The number of likely N-dealkylation sites (tertiary alicyclic amines) is 1. The molecule has 8 heteroatoms. The first kappa shape index (κ1) is 20.8. The largest absolute Gasteiger partial charge is 0.370 e. The van der Waals surface area contributed by atoms with Crippen LogP contribution in [0.5, 0.6) is 0 Å². The van der Waals surface area contributed by atoms with E-state index in [2.05, 4.69) is 15.2 Å². The average molecular weight is 419 g/mol. The number of nitrogens with zero attached hydrogens (tertiary/aromatic N) is 2. The first-order valence-electron chi connectivity index (χ1n) is 10.2. The maximum Gasteiger partial charge on any atom is 0.254 e. The van der Waals surface area contributed by atoms with E-state index in [-0.39, 0.29) is 18.2 Å². The molecule has 0 unspecified atom stereocenters. The van der Waals surface area contributed by atoms with Gasteiger partial charge in [-0.15, -0.1) is 0 Å². The average Bonchev–Trinajstić information content (AvgIpc) is 3.14. The Labute approximate surface area is 173 Å². The third-order valence-corrected chi connectivity index (χ3v) is 6.01. The lowest BCUT2D eigenvalue weighted by atomic mass is 9.88. The molecule has 30 heavy (non-hydrogen) atoms. The summed E-state index contributed by atoms with van der Waals surface area (Å²) in [5.41, 5.74) is 0.543. The molecule has 0 saturated carbocycles. The highest BCUT2D eigenvalue weighted by Crippen LogP contribution is 2.39. The van der Waals surface area contributed by atoms with Crippen LogP contribution >= 0.6 is 0 Å². The van der Waals surface area contributed by atoms with Crippen molar-refractivity contribution in [2.24, 2.45) is 0 Å². The van der Waals surface area contributed by atoms with Crippen molar-refractivity contribution < 1.29 is 22.7 Å². The molecule has 2 aliphatic heterocycles. The van der Waals surface area contributed by atoms with E-state index >= 15 is 0 Å². The Morgan fingerprint density at radius 1 is 1.10 bits per heavy atom. The van der Waals surface area contributed by atoms with Crippen LogP contribution in [-0.4, -0.2) is 47.1 Å². The maximum atomic E-state index is 13.8. The number of aromatic nitrogens is 1.